The van der Waals surface area contributed by atoms with Crippen LogP contribution < -0.4 is 0 Å². The molecule has 102 valence electrons. The fraction of sp³-hybridized carbons (Fsp3) is 0.200. The van der Waals surface area contributed by atoms with Crippen LogP contribution in [-0.4, -0.2) is 21.2 Å². The number of aromatic amines is 1. The Labute approximate surface area is 115 Å². The fourth-order valence-corrected chi connectivity index (χ4v) is 2.39. The molecule has 5 nitrogen and oxygen atoms in total. The highest BCUT2D eigenvalue weighted by Gasteiger charge is 2.18. The largest absolute Gasteiger partial charge is 0.481 e. The normalized spacial score (nSPS) is 11.1. The minimum atomic E-state index is -0.824. The van der Waals surface area contributed by atoms with E-state index in [4.69, 9.17) is 9.63 Å². The summed E-state index contributed by atoms with van der Waals surface area (Å²) in [5.41, 5.74) is 3.53. The van der Waals surface area contributed by atoms with Crippen molar-refractivity contribution in [3.8, 4) is 11.3 Å². The summed E-state index contributed by atoms with van der Waals surface area (Å²) in [7, 11) is 0. The molecule has 0 aliphatic rings. The van der Waals surface area contributed by atoms with Crippen LogP contribution >= 0.6 is 0 Å². The van der Waals surface area contributed by atoms with Crippen LogP contribution in [0.3, 0.4) is 0 Å². The number of fused-ring (bicyclic) bond motifs is 1. The van der Waals surface area contributed by atoms with Gasteiger partial charge in [-0.3, -0.25) is 4.79 Å². The number of carboxylic acids is 1. The second kappa shape index (κ2) is 4.85. The number of aliphatic carboxylic acids is 1. The van der Waals surface area contributed by atoms with Crippen molar-refractivity contribution in [2.45, 2.75) is 19.8 Å². The van der Waals surface area contributed by atoms with Gasteiger partial charge in [-0.1, -0.05) is 23.4 Å². The molecule has 0 spiro atoms. The third-order valence-corrected chi connectivity index (χ3v) is 3.41. The van der Waals surface area contributed by atoms with Crippen LogP contribution in [0.15, 0.2) is 35.0 Å². The third-order valence-electron chi connectivity index (χ3n) is 3.41. The van der Waals surface area contributed by atoms with Gasteiger partial charge in [0, 0.05) is 34.6 Å². The number of benzene rings is 1. The zero-order valence-electron chi connectivity index (χ0n) is 11.0. The minimum Gasteiger partial charge on any atom is -0.481 e. The van der Waals surface area contributed by atoms with Crippen LogP contribution in [0, 0.1) is 6.92 Å². The molecule has 0 fully saturated rings. The summed E-state index contributed by atoms with van der Waals surface area (Å²) in [6, 6.07) is 7.90. The topological polar surface area (TPSA) is 79.1 Å². The van der Waals surface area contributed by atoms with E-state index in [9.17, 15) is 4.79 Å². The van der Waals surface area contributed by atoms with Crippen LogP contribution in [0.5, 0.6) is 0 Å². The van der Waals surface area contributed by atoms with Crippen molar-refractivity contribution in [1.29, 1.82) is 0 Å². The monoisotopic (exact) mass is 270 g/mol. The van der Waals surface area contributed by atoms with E-state index >= 15 is 0 Å². The molecule has 0 radical (unpaired) electrons. The van der Waals surface area contributed by atoms with Crippen molar-refractivity contribution < 1.29 is 14.4 Å². The predicted molar refractivity (Wildman–Crippen MR) is 74.5 cm³/mol. The first-order valence-corrected chi connectivity index (χ1v) is 6.40. The lowest BCUT2D eigenvalue weighted by Crippen LogP contribution is -1.98. The molecule has 0 amide bonds. The van der Waals surface area contributed by atoms with E-state index in [2.05, 4.69) is 10.1 Å². The Morgan fingerprint density at radius 1 is 1.40 bits per heavy atom. The lowest BCUT2D eigenvalue weighted by atomic mass is 10.0. The van der Waals surface area contributed by atoms with Gasteiger partial charge in [-0.05, 0) is 19.4 Å². The molecule has 0 aliphatic heterocycles. The number of aryl methyl sites for hydroxylation is 1. The molecule has 5 heteroatoms. The highest BCUT2D eigenvalue weighted by Crippen LogP contribution is 2.32. The van der Waals surface area contributed by atoms with Crippen molar-refractivity contribution in [3.63, 3.8) is 0 Å². The molecule has 0 bridgehead atoms. The van der Waals surface area contributed by atoms with Gasteiger partial charge in [-0.25, -0.2) is 0 Å². The highest BCUT2D eigenvalue weighted by atomic mass is 16.5. The van der Waals surface area contributed by atoms with Crippen molar-refractivity contribution in [2.24, 2.45) is 0 Å². The molecule has 1 aromatic carbocycles. The van der Waals surface area contributed by atoms with Crippen molar-refractivity contribution in [1.82, 2.24) is 10.1 Å². The van der Waals surface area contributed by atoms with E-state index in [1.54, 1.807) is 0 Å². The Morgan fingerprint density at radius 2 is 2.20 bits per heavy atom. The predicted octanol–water partition coefficient (Wildman–Crippen LogP) is 3.15. The molecule has 2 aromatic heterocycles. The summed E-state index contributed by atoms with van der Waals surface area (Å²) >= 11 is 0. The van der Waals surface area contributed by atoms with Crippen LogP contribution in [-0.2, 0) is 11.2 Å². The molecule has 0 atom stereocenters. The van der Waals surface area contributed by atoms with E-state index in [-0.39, 0.29) is 6.42 Å². The number of carboxylic acid groups (broad SMARTS) is 1. The van der Waals surface area contributed by atoms with Gasteiger partial charge >= 0.3 is 5.97 Å². The quantitative estimate of drug-likeness (QED) is 0.763. The first-order chi connectivity index (χ1) is 9.66. The third kappa shape index (κ3) is 2.07. The summed E-state index contributed by atoms with van der Waals surface area (Å²) in [5.74, 6) is -0.170. The number of nitrogens with one attached hydrogen (secondary N) is 1. The molecular formula is C15H14N2O3. The Kier molecular flexibility index (Phi) is 3.02. The highest BCUT2D eigenvalue weighted by molar-refractivity contribution is 5.94. The Balaban J connectivity index is 2.08. The summed E-state index contributed by atoms with van der Waals surface area (Å²) in [5, 5.41) is 13.9. The van der Waals surface area contributed by atoms with Gasteiger partial charge in [0.15, 0.2) is 5.76 Å². The minimum absolute atomic E-state index is 0.0669. The van der Waals surface area contributed by atoms with E-state index in [0.717, 1.165) is 27.7 Å². The van der Waals surface area contributed by atoms with Crippen LogP contribution in [0.1, 0.15) is 17.7 Å². The maximum Gasteiger partial charge on any atom is 0.303 e. The molecule has 2 N–H and O–H groups in total. The average Bonchev–Trinajstić information content (AvgIpc) is 3.00. The average molecular weight is 270 g/mol. The maximum absolute atomic E-state index is 10.8. The number of hydrogen-bond donors (Lipinski definition) is 2. The Bertz CT molecular complexity index is 770. The Morgan fingerprint density at radius 3 is 3.00 bits per heavy atom. The smallest absolute Gasteiger partial charge is 0.303 e. The number of H-pyrrole nitrogens is 1. The van der Waals surface area contributed by atoms with Crippen LogP contribution in [0.2, 0.25) is 0 Å². The molecule has 3 rings (SSSR count). The zero-order chi connectivity index (χ0) is 14.1. The van der Waals surface area contributed by atoms with Crippen molar-refractivity contribution >= 4 is 16.9 Å². The molecule has 3 aromatic rings. The van der Waals surface area contributed by atoms with Crippen LogP contribution in [0.4, 0.5) is 0 Å². The first-order valence-electron chi connectivity index (χ1n) is 6.40. The first kappa shape index (κ1) is 12.5. The van der Waals surface area contributed by atoms with Gasteiger partial charge in [-0.15, -0.1) is 0 Å². The van der Waals surface area contributed by atoms with Gasteiger partial charge in [0.1, 0.15) is 0 Å². The lowest BCUT2D eigenvalue weighted by Gasteiger charge is -2.00. The summed E-state index contributed by atoms with van der Waals surface area (Å²) in [4.78, 5) is 13.9. The zero-order valence-corrected chi connectivity index (χ0v) is 11.0. The number of hydrogen-bond acceptors (Lipinski definition) is 3. The van der Waals surface area contributed by atoms with E-state index in [0.29, 0.717) is 12.2 Å². The second-order valence-electron chi connectivity index (χ2n) is 4.72. The summed E-state index contributed by atoms with van der Waals surface area (Å²) in [6.07, 6.45) is 2.35. The standard InChI is InChI=1S/C15H14N2O3/c1-9-10(6-7-14(18)19)15(20-17-9)12-8-16-13-5-3-2-4-11(12)13/h2-5,8,16H,6-7H2,1H3,(H,18,19). The van der Waals surface area contributed by atoms with Crippen LogP contribution in [0.25, 0.3) is 22.2 Å². The lowest BCUT2D eigenvalue weighted by molar-refractivity contribution is -0.136. The van der Waals surface area contributed by atoms with E-state index in [1.165, 1.54) is 0 Å². The van der Waals surface area contributed by atoms with Gasteiger partial charge < -0.3 is 14.6 Å². The van der Waals surface area contributed by atoms with Gasteiger partial charge in [0.25, 0.3) is 0 Å². The second-order valence-corrected chi connectivity index (χ2v) is 4.72. The van der Waals surface area contributed by atoms with Gasteiger partial charge in [-0.2, -0.15) is 0 Å². The van der Waals surface area contributed by atoms with Gasteiger partial charge in [0.2, 0.25) is 0 Å². The van der Waals surface area contributed by atoms with Gasteiger partial charge in [0.05, 0.1) is 5.69 Å². The fourth-order valence-electron chi connectivity index (χ4n) is 2.39. The van der Waals surface area contributed by atoms with E-state index in [1.807, 2.05) is 37.4 Å². The molecule has 0 saturated heterocycles. The van der Waals surface area contributed by atoms with E-state index < -0.39 is 5.97 Å². The number of para-hydroxylation sites is 1. The number of rotatable bonds is 4. The number of nitrogens with zero attached hydrogens (tertiary/aromatic N) is 1. The molecule has 2 heterocycles. The molecular weight excluding hydrogens is 256 g/mol. The SMILES string of the molecule is Cc1noc(-c2c[nH]c3ccccc23)c1CCC(=O)O. The molecule has 0 aliphatic carbocycles. The maximum atomic E-state index is 10.8. The summed E-state index contributed by atoms with van der Waals surface area (Å²) in [6.45, 7) is 1.83. The number of aromatic nitrogens is 2. The number of carbonyl (C=O) groups is 1. The van der Waals surface area contributed by atoms with Crippen molar-refractivity contribution in [2.75, 3.05) is 0 Å². The molecule has 20 heavy (non-hydrogen) atoms. The summed E-state index contributed by atoms with van der Waals surface area (Å²) < 4.78 is 5.42. The van der Waals surface area contributed by atoms with Crippen molar-refractivity contribution in [3.05, 3.63) is 41.7 Å². The molecule has 0 saturated carbocycles. The Hall–Kier alpha value is -2.56. The molecule has 0 unspecified atom stereocenters.